The van der Waals surface area contributed by atoms with Crippen LogP contribution in [0.4, 0.5) is 0 Å². The minimum Gasteiger partial charge on any atom is -0.481 e. The normalized spacial score (nSPS) is 32.5. The Bertz CT molecular complexity index is 254. The van der Waals surface area contributed by atoms with Crippen molar-refractivity contribution < 1.29 is 9.90 Å². The smallest absolute Gasteiger partial charge is 0.303 e. The van der Waals surface area contributed by atoms with Crippen molar-refractivity contribution in [2.75, 3.05) is 20.1 Å². The van der Waals surface area contributed by atoms with Gasteiger partial charge < -0.3 is 10.0 Å². The molecule has 0 saturated heterocycles. The Balaban J connectivity index is 1.63. The SMILES string of the molecule is CN(CCCC(=O)O)CC1CC2CCC1C2. The van der Waals surface area contributed by atoms with Crippen molar-refractivity contribution in [1.82, 2.24) is 4.90 Å². The van der Waals surface area contributed by atoms with Crippen molar-refractivity contribution in [3.63, 3.8) is 0 Å². The van der Waals surface area contributed by atoms with Crippen molar-refractivity contribution in [2.45, 2.75) is 38.5 Å². The summed E-state index contributed by atoms with van der Waals surface area (Å²) in [7, 11) is 2.13. The lowest BCUT2D eigenvalue weighted by Gasteiger charge is -2.27. The van der Waals surface area contributed by atoms with E-state index in [4.69, 9.17) is 5.11 Å². The Morgan fingerprint density at radius 2 is 2.19 bits per heavy atom. The van der Waals surface area contributed by atoms with Crippen LogP contribution >= 0.6 is 0 Å². The second-order valence-corrected chi connectivity index (χ2v) is 5.69. The molecular weight excluding hydrogens is 202 g/mol. The minimum atomic E-state index is -0.673. The summed E-state index contributed by atoms with van der Waals surface area (Å²) in [6.07, 6.45) is 6.89. The summed E-state index contributed by atoms with van der Waals surface area (Å²) >= 11 is 0. The van der Waals surface area contributed by atoms with E-state index in [-0.39, 0.29) is 0 Å². The maximum Gasteiger partial charge on any atom is 0.303 e. The van der Waals surface area contributed by atoms with Gasteiger partial charge >= 0.3 is 5.97 Å². The maximum absolute atomic E-state index is 10.4. The van der Waals surface area contributed by atoms with Crippen LogP contribution < -0.4 is 0 Å². The molecule has 1 N–H and O–H groups in total. The van der Waals surface area contributed by atoms with E-state index in [1.54, 1.807) is 0 Å². The van der Waals surface area contributed by atoms with E-state index in [0.29, 0.717) is 6.42 Å². The number of hydrogen-bond acceptors (Lipinski definition) is 2. The van der Waals surface area contributed by atoms with E-state index in [1.165, 1.54) is 32.2 Å². The summed E-state index contributed by atoms with van der Waals surface area (Å²) in [6.45, 7) is 2.11. The molecule has 2 fully saturated rings. The van der Waals surface area contributed by atoms with Crippen molar-refractivity contribution in [3.05, 3.63) is 0 Å². The van der Waals surface area contributed by atoms with E-state index in [9.17, 15) is 4.79 Å². The Morgan fingerprint density at radius 3 is 2.75 bits per heavy atom. The Morgan fingerprint density at radius 1 is 1.38 bits per heavy atom. The van der Waals surface area contributed by atoms with Crippen LogP contribution in [0.3, 0.4) is 0 Å². The van der Waals surface area contributed by atoms with Gasteiger partial charge in [0.2, 0.25) is 0 Å². The number of hydrogen-bond donors (Lipinski definition) is 1. The minimum absolute atomic E-state index is 0.307. The van der Waals surface area contributed by atoms with Gasteiger partial charge in [0.1, 0.15) is 0 Å². The topological polar surface area (TPSA) is 40.5 Å². The monoisotopic (exact) mass is 225 g/mol. The zero-order chi connectivity index (χ0) is 11.5. The van der Waals surface area contributed by atoms with Crippen LogP contribution in [0.1, 0.15) is 38.5 Å². The van der Waals surface area contributed by atoms with E-state index in [2.05, 4.69) is 11.9 Å². The molecule has 92 valence electrons. The molecule has 16 heavy (non-hydrogen) atoms. The van der Waals surface area contributed by atoms with E-state index >= 15 is 0 Å². The lowest BCUT2D eigenvalue weighted by Crippen LogP contribution is -2.29. The Kier molecular flexibility index (Phi) is 3.85. The van der Waals surface area contributed by atoms with Gasteiger partial charge in [-0.3, -0.25) is 4.79 Å². The molecule has 0 aromatic rings. The van der Waals surface area contributed by atoms with E-state index in [1.807, 2.05) is 0 Å². The highest BCUT2D eigenvalue weighted by Gasteiger charge is 2.39. The molecule has 3 atom stereocenters. The third kappa shape index (κ3) is 2.97. The van der Waals surface area contributed by atoms with E-state index in [0.717, 1.165) is 30.7 Å². The number of carboxylic acids is 1. The molecule has 2 aliphatic carbocycles. The molecule has 0 heterocycles. The first-order chi connectivity index (χ1) is 7.65. The summed E-state index contributed by atoms with van der Waals surface area (Å²) in [5.41, 5.74) is 0. The molecule has 0 aromatic heterocycles. The highest BCUT2D eigenvalue weighted by Crippen LogP contribution is 2.48. The molecule has 3 heteroatoms. The van der Waals surface area contributed by atoms with Gasteiger partial charge in [0.15, 0.2) is 0 Å². The van der Waals surface area contributed by atoms with Gasteiger partial charge in [0.25, 0.3) is 0 Å². The fourth-order valence-electron chi connectivity index (χ4n) is 3.59. The first-order valence-electron chi connectivity index (χ1n) is 6.55. The lowest BCUT2D eigenvalue weighted by molar-refractivity contribution is -0.137. The van der Waals surface area contributed by atoms with Gasteiger partial charge in [-0.05, 0) is 57.0 Å². The number of aliphatic carboxylic acids is 1. The molecule has 0 amide bonds. The zero-order valence-electron chi connectivity index (χ0n) is 10.2. The number of carbonyl (C=O) groups is 1. The van der Waals surface area contributed by atoms with Gasteiger partial charge in [-0.25, -0.2) is 0 Å². The average Bonchev–Trinajstić information content (AvgIpc) is 2.78. The number of rotatable bonds is 6. The molecule has 2 bridgehead atoms. The second-order valence-electron chi connectivity index (χ2n) is 5.69. The van der Waals surface area contributed by atoms with Crippen LogP contribution in [0.25, 0.3) is 0 Å². The highest BCUT2D eigenvalue weighted by atomic mass is 16.4. The number of carboxylic acid groups (broad SMARTS) is 1. The lowest BCUT2D eigenvalue weighted by atomic mass is 9.88. The average molecular weight is 225 g/mol. The molecule has 0 radical (unpaired) electrons. The summed E-state index contributed by atoms with van der Waals surface area (Å²) < 4.78 is 0. The van der Waals surface area contributed by atoms with Crippen molar-refractivity contribution in [3.8, 4) is 0 Å². The van der Waals surface area contributed by atoms with Gasteiger partial charge in [-0.1, -0.05) is 6.42 Å². The standard InChI is InChI=1S/C13H23NO2/c1-14(6-2-3-13(15)16)9-12-8-10-4-5-11(12)7-10/h10-12H,2-9H2,1H3,(H,15,16). The first kappa shape index (κ1) is 11.9. The predicted octanol–water partition coefficient (Wildman–Crippen LogP) is 2.22. The summed E-state index contributed by atoms with van der Waals surface area (Å²) in [5.74, 6) is 2.22. The summed E-state index contributed by atoms with van der Waals surface area (Å²) in [5, 5.41) is 8.58. The van der Waals surface area contributed by atoms with Gasteiger partial charge in [-0.15, -0.1) is 0 Å². The molecular formula is C13H23NO2. The third-order valence-electron chi connectivity index (χ3n) is 4.36. The van der Waals surface area contributed by atoms with Crippen LogP contribution in [-0.2, 0) is 4.79 Å². The molecule has 2 aliphatic rings. The fraction of sp³-hybridized carbons (Fsp3) is 0.923. The van der Waals surface area contributed by atoms with Gasteiger partial charge in [-0.2, -0.15) is 0 Å². The van der Waals surface area contributed by atoms with Gasteiger partial charge in [0, 0.05) is 13.0 Å². The zero-order valence-corrected chi connectivity index (χ0v) is 10.2. The molecule has 0 spiro atoms. The number of nitrogens with zero attached hydrogens (tertiary/aromatic N) is 1. The van der Waals surface area contributed by atoms with Crippen molar-refractivity contribution in [2.24, 2.45) is 17.8 Å². The Hall–Kier alpha value is -0.570. The van der Waals surface area contributed by atoms with Crippen LogP contribution in [0.15, 0.2) is 0 Å². The quantitative estimate of drug-likeness (QED) is 0.753. The predicted molar refractivity (Wildman–Crippen MR) is 63.3 cm³/mol. The summed E-state index contributed by atoms with van der Waals surface area (Å²) in [6, 6.07) is 0. The maximum atomic E-state index is 10.4. The second kappa shape index (κ2) is 5.17. The molecule has 0 aliphatic heterocycles. The van der Waals surface area contributed by atoms with Gasteiger partial charge in [0.05, 0.1) is 0 Å². The molecule has 2 rings (SSSR count). The summed E-state index contributed by atoms with van der Waals surface area (Å²) in [4.78, 5) is 12.7. The van der Waals surface area contributed by atoms with Crippen LogP contribution in [0.5, 0.6) is 0 Å². The highest BCUT2D eigenvalue weighted by molar-refractivity contribution is 5.66. The van der Waals surface area contributed by atoms with Crippen molar-refractivity contribution in [1.29, 1.82) is 0 Å². The molecule has 3 nitrogen and oxygen atoms in total. The number of fused-ring (bicyclic) bond motifs is 2. The van der Waals surface area contributed by atoms with E-state index < -0.39 is 5.97 Å². The van der Waals surface area contributed by atoms with Crippen molar-refractivity contribution >= 4 is 5.97 Å². The first-order valence-corrected chi connectivity index (χ1v) is 6.55. The fourth-order valence-corrected chi connectivity index (χ4v) is 3.59. The molecule has 2 saturated carbocycles. The third-order valence-corrected chi connectivity index (χ3v) is 4.36. The molecule has 0 aromatic carbocycles. The van der Waals surface area contributed by atoms with Crippen LogP contribution in [0.2, 0.25) is 0 Å². The van der Waals surface area contributed by atoms with Crippen LogP contribution in [0, 0.1) is 17.8 Å². The molecule has 3 unspecified atom stereocenters. The largest absolute Gasteiger partial charge is 0.481 e. The van der Waals surface area contributed by atoms with Crippen LogP contribution in [-0.4, -0.2) is 36.1 Å². The Labute approximate surface area is 97.8 Å².